The lowest BCUT2D eigenvalue weighted by molar-refractivity contribution is -0.115. The molecule has 0 spiro atoms. The van der Waals surface area contributed by atoms with Crippen LogP contribution in [0.25, 0.3) is 0 Å². The quantitative estimate of drug-likeness (QED) is 0.757. The van der Waals surface area contributed by atoms with Crippen molar-refractivity contribution in [3.8, 4) is 0 Å². The standard InChI is InChI=1S/C19H18Cl2F2N4O2/c20-13-5-4-12(10-14(13)21)26-6-8-27(9-7-26)19(29)24-11-17(28)25-18-15(22)2-1-3-16(18)23/h1-5,10H,6-9,11H2,(H,24,29)(H,25,28). The number of hydrogen-bond acceptors (Lipinski definition) is 3. The van der Waals surface area contributed by atoms with Crippen LogP contribution in [-0.4, -0.2) is 49.6 Å². The highest BCUT2D eigenvalue weighted by molar-refractivity contribution is 6.42. The minimum Gasteiger partial charge on any atom is -0.368 e. The molecule has 3 amide bonds. The molecule has 154 valence electrons. The van der Waals surface area contributed by atoms with Crippen LogP contribution in [0.4, 0.5) is 25.0 Å². The Morgan fingerprint density at radius 2 is 1.62 bits per heavy atom. The number of para-hydroxylation sites is 1. The summed E-state index contributed by atoms with van der Waals surface area (Å²) in [6.07, 6.45) is 0. The number of anilines is 2. The van der Waals surface area contributed by atoms with Crippen molar-refractivity contribution < 1.29 is 18.4 Å². The zero-order valence-corrected chi connectivity index (χ0v) is 16.7. The van der Waals surface area contributed by atoms with Crippen LogP contribution in [0.1, 0.15) is 0 Å². The molecule has 1 heterocycles. The predicted molar refractivity (Wildman–Crippen MR) is 109 cm³/mol. The van der Waals surface area contributed by atoms with Crippen molar-refractivity contribution >= 4 is 46.5 Å². The normalized spacial score (nSPS) is 13.9. The van der Waals surface area contributed by atoms with Crippen molar-refractivity contribution in [2.75, 3.05) is 42.9 Å². The van der Waals surface area contributed by atoms with Gasteiger partial charge in [0, 0.05) is 31.9 Å². The van der Waals surface area contributed by atoms with Gasteiger partial charge in [-0.15, -0.1) is 0 Å². The Balaban J connectivity index is 1.47. The van der Waals surface area contributed by atoms with E-state index in [1.807, 2.05) is 6.07 Å². The molecule has 6 nitrogen and oxygen atoms in total. The molecule has 0 aliphatic carbocycles. The number of carbonyl (C=O) groups is 2. The molecule has 0 bridgehead atoms. The molecule has 0 unspecified atom stereocenters. The number of benzene rings is 2. The van der Waals surface area contributed by atoms with Gasteiger partial charge in [-0.25, -0.2) is 13.6 Å². The fourth-order valence-corrected chi connectivity index (χ4v) is 3.21. The summed E-state index contributed by atoms with van der Waals surface area (Å²) in [5, 5.41) is 5.51. The van der Waals surface area contributed by atoms with E-state index >= 15 is 0 Å². The molecule has 0 radical (unpaired) electrons. The molecule has 10 heteroatoms. The van der Waals surface area contributed by atoms with Crippen molar-refractivity contribution in [2.24, 2.45) is 0 Å². The molecule has 2 aromatic carbocycles. The van der Waals surface area contributed by atoms with E-state index in [2.05, 4.69) is 15.5 Å². The van der Waals surface area contributed by atoms with E-state index in [0.717, 1.165) is 17.8 Å². The molecule has 2 N–H and O–H groups in total. The number of rotatable bonds is 4. The SMILES string of the molecule is O=C(CNC(=O)N1CCN(c2ccc(Cl)c(Cl)c2)CC1)Nc1c(F)cccc1F. The van der Waals surface area contributed by atoms with Crippen molar-refractivity contribution in [3.05, 3.63) is 58.1 Å². The van der Waals surface area contributed by atoms with Gasteiger partial charge in [-0.2, -0.15) is 0 Å². The number of hydrogen-bond donors (Lipinski definition) is 2. The molecule has 0 aromatic heterocycles. The van der Waals surface area contributed by atoms with Crippen molar-refractivity contribution in [1.82, 2.24) is 10.2 Å². The van der Waals surface area contributed by atoms with Crippen LogP contribution in [-0.2, 0) is 4.79 Å². The van der Waals surface area contributed by atoms with E-state index < -0.39 is 35.8 Å². The summed E-state index contributed by atoms with van der Waals surface area (Å²) >= 11 is 12.0. The summed E-state index contributed by atoms with van der Waals surface area (Å²) in [5.41, 5.74) is 0.368. The van der Waals surface area contributed by atoms with E-state index in [1.54, 1.807) is 17.0 Å². The zero-order valence-electron chi connectivity index (χ0n) is 15.2. The van der Waals surface area contributed by atoms with Gasteiger partial charge in [-0.1, -0.05) is 29.3 Å². The van der Waals surface area contributed by atoms with E-state index in [9.17, 15) is 18.4 Å². The zero-order chi connectivity index (χ0) is 21.0. The first-order valence-corrected chi connectivity index (χ1v) is 9.57. The summed E-state index contributed by atoms with van der Waals surface area (Å²) in [5.74, 6) is -2.50. The molecule has 3 rings (SSSR count). The lowest BCUT2D eigenvalue weighted by Gasteiger charge is -2.36. The fourth-order valence-electron chi connectivity index (χ4n) is 2.92. The molecular weight excluding hydrogens is 425 g/mol. The van der Waals surface area contributed by atoms with E-state index in [-0.39, 0.29) is 0 Å². The number of nitrogens with one attached hydrogen (secondary N) is 2. The number of urea groups is 1. The summed E-state index contributed by atoms with van der Waals surface area (Å²) in [4.78, 5) is 27.8. The monoisotopic (exact) mass is 442 g/mol. The van der Waals surface area contributed by atoms with Crippen LogP contribution in [0.15, 0.2) is 36.4 Å². The Bertz CT molecular complexity index is 901. The maximum Gasteiger partial charge on any atom is 0.317 e. The first-order valence-electron chi connectivity index (χ1n) is 8.82. The summed E-state index contributed by atoms with van der Waals surface area (Å²) in [6.45, 7) is 1.64. The second-order valence-electron chi connectivity index (χ2n) is 6.38. The van der Waals surface area contributed by atoms with E-state index in [1.165, 1.54) is 6.07 Å². The molecule has 1 saturated heterocycles. The van der Waals surface area contributed by atoms with Crippen LogP contribution in [0.5, 0.6) is 0 Å². The average Bonchev–Trinajstić information content (AvgIpc) is 2.71. The van der Waals surface area contributed by atoms with Crippen molar-refractivity contribution in [1.29, 1.82) is 0 Å². The topological polar surface area (TPSA) is 64.7 Å². The number of halogens is 4. The maximum atomic E-state index is 13.6. The van der Waals surface area contributed by atoms with Crippen molar-refractivity contribution in [2.45, 2.75) is 0 Å². The molecular formula is C19H18Cl2F2N4O2. The second kappa shape index (κ2) is 9.28. The van der Waals surface area contributed by atoms with E-state index in [4.69, 9.17) is 23.2 Å². The summed E-state index contributed by atoms with van der Waals surface area (Å²) in [7, 11) is 0. The molecule has 2 aromatic rings. The van der Waals surface area contributed by atoms with Crippen LogP contribution in [0, 0.1) is 11.6 Å². The lowest BCUT2D eigenvalue weighted by atomic mass is 10.2. The second-order valence-corrected chi connectivity index (χ2v) is 7.19. The van der Waals surface area contributed by atoms with Gasteiger partial charge in [0.25, 0.3) is 0 Å². The van der Waals surface area contributed by atoms with E-state index in [0.29, 0.717) is 36.2 Å². The minimum atomic E-state index is -0.886. The summed E-state index contributed by atoms with van der Waals surface area (Å²) in [6, 6.07) is 8.18. The maximum absolute atomic E-state index is 13.6. The third-order valence-corrected chi connectivity index (χ3v) is 5.20. The Labute approximate surface area is 176 Å². The highest BCUT2D eigenvalue weighted by Gasteiger charge is 2.22. The molecule has 1 fully saturated rings. The largest absolute Gasteiger partial charge is 0.368 e. The Kier molecular flexibility index (Phi) is 6.76. The Hall–Kier alpha value is -2.58. The first kappa shape index (κ1) is 21.1. The number of nitrogens with zero attached hydrogens (tertiary/aromatic N) is 2. The van der Waals surface area contributed by atoms with Crippen molar-refractivity contribution in [3.63, 3.8) is 0 Å². The summed E-state index contributed by atoms with van der Waals surface area (Å²) < 4.78 is 27.1. The van der Waals surface area contributed by atoms with Gasteiger partial charge in [-0.3, -0.25) is 4.79 Å². The molecule has 1 aliphatic rings. The van der Waals surface area contributed by atoms with Gasteiger partial charge >= 0.3 is 6.03 Å². The number of carbonyl (C=O) groups excluding carboxylic acids is 2. The van der Waals surface area contributed by atoms with Crippen LogP contribution >= 0.6 is 23.2 Å². The fraction of sp³-hybridized carbons (Fsp3) is 0.263. The highest BCUT2D eigenvalue weighted by atomic mass is 35.5. The molecule has 29 heavy (non-hydrogen) atoms. The van der Waals surface area contributed by atoms with Gasteiger partial charge in [-0.05, 0) is 30.3 Å². The Morgan fingerprint density at radius 3 is 2.24 bits per heavy atom. The van der Waals surface area contributed by atoms with Gasteiger partial charge < -0.3 is 20.4 Å². The average molecular weight is 443 g/mol. The smallest absolute Gasteiger partial charge is 0.317 e. The van der Waals surface area contributed by atoms with Gasteiger partial charge in [0.1, 0.15) is 17.3 Å². The molecule has 0 saturated carbocycles. The molecule has 1 aliphatic heterocycles. The van der Waals surface area contributed by atoms with Crippen LogP contribution in [0.3, 0.4) is 0 Å². The predicted octanol–water partition coefficient (Wildman–Crippen LogP) is 3.74. The van der Waals surface area contributed by atoms with Gasteiger partial charge in [0.05, 0.1) is 16.6 Å². The lowest BCUT2D eigenvalue weighted by Crippen LogP contribution is -2.52. The first-order chi connectivity index (χ1) is 13.8. The van der Waals surface area contributed by atoms with Crippen LogP contribution < -0.4 is 15.5 Å². The number of piperazine rings is 1. The molecule has 0 atom stereocenters. The van der Waals surface area contributed by atoms with Crippen LogP contribution in [0.2, 0.25) is 10.0 Å². The Morgan fingerprint density at radius 1 is 0.966 bits per heavy atom. The number of amides is 3. The highest BCUT2D eigenvalue weighted by Crippen LogP contribution is 2.27. The van der Waals surface area contributed by atoms with Gasteiger partial charge in [0.2, 0.25) is 5.91 Å². The van der Waals surface area contributed by atoms with Gasteiger partial charge in [0.15, 0.2) is 0 Å². The third-order valence-electron chi connectivity index (χ3n) is 4.46. The minimum absolute atomic E-state index is 0.403. The third kappa shape index (κ3) is 5.27.